The Kier molecular flexibility index (Phi) is 8.32. The van der Waals surface area contributed by atoms with E-state index in [0.717, 1.165) is 4.90 Å². The molecule has 0 saturated carbocycles. The largest absolute Gasteiger partial charge is 0.467 e. The topological polar surface area (TPSA) is 81.7 Å². The first kappa shape index (κ1) is 20.0. The molecule has 0 saturated heterocycles. The quantitative estimate of drug-likeness (QED) is 0.570. The van der Waals surface area contributed by atoms with Crippen LogP contribution in [0.15, 0.2) is 29.2 Å². The van der Waals surface area contributed by atoms with Crippen LogP contribution < -0.4 is 5.32 Å². The predicted molar refractivity (Wildman–Crippen MR) is 91.9 cm³/mol. The fourth-order valence-corrected chi connectivity index (χ4v) is 2.36. The first-order chi connectivity index (χ1) is 11.4. The summed E-state index contributed by atoms with van der Waals surface area (Å²) < 4.78 is 9.67. The van der Waals surface area contributed by atoms with Gasteiger partial charge in [-0.15, -0.1) is 11.8 Å². The van der Waals surface area contributed by atoms with Crippen LogP contribution >= 0.6 is 11.8 Å². The highest BCUT2D eigenvalue weighted by Gasteiger charge is 2.27. The zero-order valence-corrected chi connectivity index (χ0v) is 15.1. The Morgan fingerprint density at radius 1 is 1.21 bits per heavy atom. The van der Waals surface area contributed by atoms with E-state index in [4.69, 9.17) is 4.74 Å². The highest BCUT2D eigenvalue weighted by atomic mass is 32.2. The first-order valence-corrected chi connectivity index (χ1v) is 8.83. The molecule has 0 heterocycles. The van der Waals surface area contributed by atoms with Crippen molar-refractivity contribution in [1.82, 2.24) is 5.32 Å². The number of methoxy groups -OCH3 is 1. The van der Waals surface area contributed by atoms with Gasteiger partial charge in [-0.25, -0.2) is 9.59 Å². The summed E-state index contributed by atoms with van der Waals surface area (Å²) in [6.07, 6.45) is 2.63. The summed E-state index contributed by atoms with van der Waals surface area (Å²) >= 11 is 1.56. The second-order valence-corrected chi connectivity index (χ2v) is 6.14. The summed E-state index contributed by atoms with van der Waals surface area (Å²) in [6, 6.07) is 6.13. The van der Waals surface area contributed by atoms with Crippen LogP contribution in [0.1, 0.15) is 30.6 Å². The Hall–Kier alpha value is -2.02. The van der Waals surface area contributed by atoms with Crippen molar-refractivity contribution in [1.29, 1.82) is 0 Å². The molecule has 0 radical (unpaired) electrons. The summed E-state index contributed by atoms with van der Waals surface area (Å²) in [7, 11) is 1.27. The van der Waals surface area contributed by atoms with Gasteiger partial charge >= 0.3 is 11.9 Å². The van der Waals surface area contributed by atoms with E-state index < -0.39 is 30.5 Å². The van der Waals surface area contributed by atoms with E-state index in [2.05, 4.69) is 10.1 Å². The Bertz CT molecular complexity index is 573. The molecule has 0 aliphatic rings. The van der Waals surface area contributed by atoms with Gasteiger partial charge in [0.1, 0.15) is 6.04 Å². The van der Waals surface area contributed by atoms with Crippen LogP contribution in [0.3, 0.4) is 0 Å². The molecule has 0 fully saturated rings. The Balaban J connectivity index is 2.57. The number of nitrogens with one attached hydrogen (secondary N) is 1. The number of benzene rings is 1. The number of hydrogen-bond acceptors (Lipinski definition) is 6. The maximum absolute atomic E-state index is 11.9. The van der Waals surface area contributed by atoms with Gasteiger partial charge in [-0.2, -0.15) is 0 Å². The van der Waals surface area contributed by atoms with Crippen molar-refractivity contribution in [3.63, 3.8) is 0 Å². The fourth-order valence-electron chi connectivity index (χ4n) is 1.95. The molecule has 24 heavy (non-hydrogen) atoms. The van der Waals surface area contributed by atoms with Crippen LogP contribution in [-0.2, 0) is 19.1 Å². The maximum Gasteiger partial charge on any atom is 0.338 e. The Labute approximate surface area is 146 Å². The van der Waals surface area contributed by atoms with Crippen LogP contribution in [0.2, 0.25) is 0 Å². The van der Waals surface area contributed by atoms with Crippen LogP contribution in [0.5, 0.6) is 0 Å². The number of amides is 1. The lowest BCUT2D eigenvalue weighted by Crippen LogP contribution is -2.47. The minimum absolute atomic E-state index is 0.0869. The number of carbonyl (C=O) groups excluding carboxylic acids is 3. The third-order valence-electron chi connectivity index (χ3n) is 3.64. The van der Waals surface area contributed by atoms with Gasteiger partial charge in [0, 0.05) is 4.90 Å². The summed E-state index contributed by atoms with van der Waals surface area (Å²) in [5, 5.41) is 2.55. The number of ether oxygens (including phenoxy) is 2. The third kappa shape index (κ3) is 5.88. The van der Waals surface area contributed by atoms with E-state index in [1.807, 2.05) is 20.1 Å². The second kappa shape index (κ2) is 9.97. The molecule has 1 amide bonds. The molecule has 6 nitrogen and oxygen atoms in total. The van der Waals surface area contributed by atoms with Crippen molar-refractivity contribution < 1.29 is 23.9 Å². The molecule has 1 N–H and O–H groups in total. The van der Waals surface area contributed by atoms with Crippen molar-refractivity contribution >= 4 is 29.6 Å². The van der Waals surface area contributed by atoms with Gasteiger partial charge in [0.25, 0.3) is 5.91 Å². The van der Waals surface area contributed by atoms with Crippen molar-refractivity contribution in [3.8, 4) is 0 Å². The van der Waals surface area contributed by atoms with Crippen molar-refractivity contribution in [3.05, 3.63) is 29.8 Å². The standard InChI is InChI=1S/C17H23NO5S/c1-5-11(2)15(17(21)22-3)18-14(19)10-23-16(20)12-6-8-13(24-4)9-7-12/h6-9,11,15H,5,10H2,1-4H3,(H,18,19). The van der Waals surface area contributed by atoms with E-state index in [9.17, 15) is 14.4 Å². The van der Waals surface area contributed by atoms with Crippen molar-refractivity contribution in [2.24, 2.45) is 5.92 Å². The van der Waals surface area contributed by atoms with Gasteiger partial charge in [0.15, 0.2) is 6.61 Å². The molecule has 7 heteroatoms. The molecular weight excluding hydrogens is 330 g/mol. The van der Waals surface area contributed by atoms with Gasteiger partial charge in [-0.05, 0) is 36.4 Å². The second-order valence-electron chi connectivity index (χ2n) is 5.26. The molecule has 1 aromatic rings. The van der Waals surface area contributed by atoms with E-state index in [1.54, 1.807) is 36.0 Å². The average Bonchev–Trinajstić information content (AvgIpc) is 2.62. The minimum atomic E-state index is -0.757. The fraction of sp³-hybridized carbons (Fsp3) is 0.471. The number of thioether (sulfide) groups is 1. The SMILES string of the molecule is CCC(C)C(NC(=O)COC(=O)c1ccc(SC)cc1)C(=O)OC. The number of rotatable bonds is 8. The highest BCUT2D eigenvalue weighted by Crippen LogP contribution is 2.15. The molecule has 132 valence electrons. The number of carbonyl (C=O) groups is 3. The molecule has 0 aromatic heterocycles. The average molecular weight is 353 g/mol. The first-order valence-electron chi connectivity index (χ1n) is 7.61. The highest BCUT2D eigenvalue weighted by molar-refractivity contribution is 7.98. The van der Waals surface area contributed by atoms with Crippen LogP contribution in [-0.4, -0.2) is 43.9 Å². The monoisotopic (exact) mass is 353 g/mol. The Morgan fingerprint density at radius 2 is 1.83 bits per heavy atom. The summed E-state index contributed by atoms with van der Waals surface area (Å²) in [5.74, 6) is -1.73. The summed E-state index contributed by atoms with van der Waals surface area (Å²) in [6.45, 7) is 3.29. The van der Waals surface area contributed by atoms with Gasteiger partial charge < -0.3 is 14.8 Å². The molecule has 0 aliphatic carbocycles. The normalized spacial score (nSPS) is 12.8. The van der Waals surface area contributed by atoms with Gasteiger partial charge in [0.05, 0.1) is 12.7 Å². The lowest BCUT2D eigenvalue weighted by atomic mass is 9.99. The zero-order valence-electron chi connectivity index (χ0n) is 14.3. The van der Waals surface area contributed by atoms with Crippen LogP contribution in [0.4, 0.5) is 0 Å². The number of hydrogen-bond donors (Lipinski definition) is 1. The van der Waals surface area contributed by atoms with Gasteiger partial charge in [-0.3, -0.25) is 4.79 Å². The maximum atomic E-state index is 11.9. The van der Waals surface area contributed by atoms with E-state index in [1.165, 1.54) is 7.11 Å². The lowest BCUT2D eigenvalue weighted by molar-refractivity contribution is -0.147. The molecule has 1 rings (SSSR count). The van der Waals surface area contributed by atoms with Gasteiger partial charge in [0.2, 0.25) is 0 Å². The molecule has 1 aromatic carbocycles. The van der Waals surface area contributed by atoms with Crippen LogP contribution in [0, 0.1) is 5.92 Å². The van der Waals surface area contributed by atoms with E-state index >= 15 is 0 Å². The van der Waals surface area contributed by atoms with Crippen LogP contribution in [0.25, 0.3) is 0 Å². The predicted octanol–water partition coefficient (Wildman–Crippen LogP) is 2.27. The minimum Gasteiger partial charge on any atom is -0.467 e. The van der Waals surface area contributed by atoms with E-state index in [0.29, 0.717) is 12.0 Å². The molecule has 2 atom stereocenters. The van der Waals surface area contributed by atoms with Crippen molar-refractivity contribution in [2.45, 2.75) is 31.2 Å². The molecular formula is C17H23NO5S. The smallest absolute Gasteiger partial charge is 0.338 e. The Morgan fingerprint density at radius 3 is 2.33 bits per heavy atom. The molecule has 2 unspecified atom stereocenters. The molecule has 0 spiro atoms. The third-order valence-corrected chi connectivity index (χ3v) is 4.39. The molecule has 0 aliphatic heterocycles. The van der Waals surface area contributed by atoms with Gasteiger partial charge in [-0.1, -0.05) is 20.3 Å². The lowest BCUT2D eigenvalue weighted by Gasteiger charge is -2.21. The zero-order chi connectivity index (χ0) is 18.1. The summed E-state index contributed by atoms with van der Waals surface area (Å²) in [5.41, 5.74) is 0.368. The molecule has 0 bridgehead atoms. The summed E-state index contributed by atoms with van der Waals surface area (Å²) in [4.78, 5) is 36.6. The van der Waals surface area contributed by atoms with Crippen molar-refractivity contribution in [2.75, 3.05) is 20.0 Å². The van der Waals surface area contributed by atoms with E-state index in [-0.39, 0.29) is 5.92 Å². The number of esters is 2.